The Hall–Kier alpha value is -1.35. The Morgan fingerprint density at radius 3 is 3.00 bits per heavy atom. The van der Waals surface area contributed by atoms with Crippen molar-refractivity contribution in [2.75, 3.05) is 7.11 Å². The summed E-state index contributed by atoms with van der Waals surface area (Å²) in [5.41, 5.74) is 6.62. The van der Waals surface area contributed by atoms with E-state index in [0.29, 0.717) is 5.88 Å². The molecule has 0 fully saturated rings. The Morgan fingerprint density at radius 1 is 1.62 bits per heavy atom. The first-order chi connectivity index (χ1) is 6.22. The molecule has 0 bridgehead atoms. The lowest BCUT2D eigenvalue weighted by molar-refractivity contribution is 0.398. The molecule has 13 heavy (non-hydrogen) atoms. The minimum atomic E-state index is 0.0687. The standard InChI is InChI=1S/C10H14N2O/c1-8(11)3-4-9-5-6-12-10(7-9)13-2/h3-8H,11H2,1-2H3/b4-3+. The maximum atomic E-state index is 5.58. The van der Waals surface area contributed by atoms with Crippen molar-refractivity contribution in [1.29, 1.82) is 0 Å². The third-order valence-electron chi connectivity index (χ3n) is 1.56. The topological polar surface area (TPSA) is 48.1 Å². The van der Waals surface area contributed by atoms with Gasteiger partial charge in [-0.15, -0.1) is 0 Å². The molecule has 0 amide bonds. The van der Waals surface area contributed by atoms with E-state index in [4.69, 9.17) is 10.5 Å². The van der Waals surface area contributed by atoms with Crippen molar-refractivity contribution in [1.82, 2.24) is 4.98 Å². The number of pyridine rings is 1. The van der Waals surface area contributed by atoms with Gasteiger partial charge in [0.1, 0.15) is 0 Å². The molecule has 70 valence electrons. The number of nitrogens with zero attached hydrogens (tertiary/aromatic N) is 1. The van der Waals surface area contributed by atoms with Gasteiger partial charge in [0.05, 0.1) is 7.11 Å². The first-order valence-electron chi connectivity index (χ1n) is 4.16. The molecule has 0 saturated heterocycles. The number of aromatic nitrogens is 1. The highest BCUT2D eigenvalue weighted by Crippen LogP contribution is 2.09. The van der Waals surface area contributed by atoms with E-state index < -0.39 is 0 Å². The summed E-state index contributed by atoms with van der Waals surface area (Å²) in [6.07, 6.45) is 5.59. The summed E-state index contributed by atoms with van der Waals surface area (Å²) in [5.74, 6) is 0.617. The van der Waals surface area contributed by atoms with E-state index in [2.05, 4.69) is 4.98 Å². The minimum Gasteiger partial charge on any atom is -0.481 e. The lowest BCUT2D eigenvalue weighted by Crippen LogP contribution is -2.09. The van der Waals surface area contributed by atoms with Gasteiger partial charge >= 0.3 is 0 Å². The van der Waals surface area contributed by atoms with Gasteiger partial charge < -0.3 is 10.5 Å². The molecule has 0 aromatic carbocycles. The first-order valence-corrected chi connectivity index (χ1v) is 4.16. The van der Waals surface area contributed by atoms with Gasteiger partial charge in [0.2, 0.25) is 5.88 Å². The van der Waals surface area contributed by atoms with Crippen LogP contribution in [0.3, 0.4) is 0 Å². The minimum absolute atomic E-state index is 0.0687. The maximum Gasteiger partial charge on any atom is 0.213 e. The third-order valence-corrected chi connectivity index (χ3v) is 1.56. The molecular weight excluding hydrogens is 164 g/mol. The second-order valence-electron chi connectivity index (χ2n) is 2.85. The Bertz CT molecular complexity index is 295. The Labute approximate surface area is 78.2 Å². The van der Waals surface area contributed by atoms with Crippen molar-refractivity contribution in [2.45, 2.75) is 13.0 Å². The van der Waals surface area contributed by atoms with Crippen LogP contribution in [0.1, 0.15) is 12.5 Å². The van der Waals surface area contributed by atoms with E-state index in [9.17, 15) is 0 Å². The summed E-state index contributed by atoms with van der Waals surface area (Å²) in [5, 5.41) is 0. The molecule has 1 aromatic rings. The van der Waals surface area contributed by atoms with Crippen LogP contribution in [0.2, 0.25) is 0 Å². The lowest BCUT2D eigenvalue weighted by atomic mass is 10.2. The van der Waals surface area contributed by atoms with Crippen LogP contribution in [-0.4, -0.2) is 18.1 Å². The van der Waals surface area contributed by atoms with Crippen molar-refractivity contribution >= 4 is 6.08 Å². The first kappa shape index (κ1) is 9.74. The second kappa shape index (κ2) is 4.62. The van der Waals surface area contributed by atoms with Crippen molar-refractivity contribution in [3.63, 3.8) is 0 Å². The van der Waals surface area contributed by atoms with Crippen LogP contribution in [0.4, 0.5) is 0 Å². The molecular formula is C10H14N2O. The SMILES string of the molecule is COc1cc(/C=C/C(C)N)ccn1. The third kappa shape index (κ3) is 3.25. The Morgan fingerprint density at radius 2 is 2.38 bits per heavy atom. The summed E-state index contributed by atoms with van der Waals surface area (Å²) in [6.45, 7) is 1.93. The molecule has 1 heterocycles. The average molecular weight is 178 g/mol. The molecule has 0 aliphatic rings. The van der Waals surface area contributed by atoms with E-state index >= 15 is 0 Å². The van der Waals surface area contributed by atoms with Gasteiger partial charge in [-0.05, 0) is 18.6 Å². The average Bonchev–Trinajstić information content (AvgIpc) is 2.15. The molecule has 1 unspecified atom stereocenters. The number of rotatable bonds is 3. The normalized spacial score (nSPS) is 13.2. The van der Waals surface area contributed by atoms with Crippen LogP contribution in [0.15, 0.2) is 24.4 Å². The van der Waals surface area contributed by atoms with Gasteiger partial charge in [0, 0.05) is 18.3 Å². The fourth-order valence-corrected chi connectivity index (χ4v) is 0.903. The Balaban J connectivity index is 2.77. The quantitative estimate of drug-likeness (QED) is 0.762. The number of hydrogen-bond acceptors (Lipinski definition) is 3. The van der Waals surface area contributed by atoms with E-state index in [-0.39, 0.29) is 6.04 Å². The summed E-state index contributed by atoms with van der Waals surface area (Å²) in [4.78, 5) is 4.00. The van der Waals surface area contributed by atoms with Gasteiger partial charge in [0.25, 0.3) is 0 Å². The summed E-state index contributed by atoms with van der Waals surface area (Å²) < 4.78 is 4.99. The van der Waals surface area contributed by atoms with Crippen molar-refractivity contribution in [3.8, 4) is 5.88 Å². The molecule has 2 N–H and O–H groups in total. The van der Waals surface area contributed by atoms with Gasteiger partial charge in [-0.2, -0.15) is 0 Å². The van der Waals surface area contributed by atoms with Crippen LogP contribution in [0.25, 0.3) is 6.08 Å². The van der Waals surface area contributed by atoms with E-state index in [0.717, 1.165) is 5.56 Å². The molecule has 0 aliphatic heterocycles. The largest absolute Gasteiger partial charge is 0.481 e. The molecule has 1 aromatic heterocycles. The van der Waals surface area contributed by atoms with Crippen molar-refractivity contribution < 1.29 is 4.74 Å². The number of methoxy groups -OCH3 is 1. The molecule has 1 atom stereocenters. The summed E-state index contributed by atoms with van der Waals surface area (Å²) in [7, 11) is 1.60. The zero-order valence-corrected chi connectivity index (χ0v) is 7.90. The van der Waals surface area contributed by atoms with E-state index in [1.807, 2.05) is 31.2 Å². The van der Waals surface area contributed by atoms with Gasteiger partial charge in [0.15, 0.2) is 0 Å². The van der Waals surface area contributed by atoms with Crippen molar-refractivity contribution in [2.24, 2.45) is 5.73 Å². The zero-order chi connectivity index (χ0) is 9.68. The highest BCUT2D eigenvalue weighted by atomic mass is 16.5. The molecule has 1 rings (SSSR count). The zero-order valence-electron chi connectivity index (χ0n) is 7.90. The highest BCUT2D eigenvalue weighted by molar-refractivity contribution is 5.50. The molecule has 0 aliphatic carbocycles. The lowest BCUT2D eigenvalue weighted by Gasteiger charge is -1.99. The number of ether oxygens (including phenoxy) is 1. The van der Waals surface area contributed by atoms with Crippen LogP contribution in [0.5, 0.6) is 5.88 Å². The van der Waals surface area contributed by atoms with Crippen LogP contribution < -0.4 is 10.5 Å². The smallest absolute Gasteiger partial charge is 0.213 e. The predicted molar refractivity (Wildman–Crippen MR) is 53.5 cm³/mol. The molecule has 0 saturated carbocycles. The second-order valence-corrected chi connectivity index (χ2v) is 2.85. The molecule has 0 radical (unpaired) electrons. The maximum absolute atomic E-state index is 5.58. The van der Waals surface area contributed by atoms with Crippen LogP contribution >= 0.6 is 0 Å². The molecule has 0 spiro atoms. The highest BCUT2D eigenvalue weighted by Gasteiger charge is 1.92. The molecule has 3 nitrogen and oxygen atoms in total. The summed E-state index contributed by atoms with van der Waals surface area (Å²) in [6, 6.07) is 3.83. The van der Waals surface area contributed by atoms with Gasteiger partial charge in [-0.1, -0.05) is 12.2 Å². The van der Waals surface area contributed by atoms with Crippen LogP contribution in [0, 0.1) is 0 Å². The number of hydrogen-bond donors (Lipinski definition) is 1. The van der Waals surface area contributed by atoms with Crippen molar-refractivity contribution in [3.05, 3.63) is 30.0 Å². The number of nitrogens with two attached hydrogens (primary N) is 1. The van der Waals surface area contributed by atoms with Gasteiger partial charge in [-0.25, -0.2) is 4.98 Å². The predicted octanol–water partition coefficient (Wildman–Crippen LogP) is 1.45. The van der Waals surface area contributed by atoms with Crippen LogP contribution in [-0.2, 0) is 0 Å². The summed E-state index contributed by atoms with van der Waals surface area (Å²) >= 11 is 0. The monoisotopic (exact) mass is 178 g/mol. The van der Waals surface area contributed by atoms with E-state index in [1.54, 1.807) is 13.3 Å². The van der Waals surface area contributed by atoms with E-state index in [1.165, 1.54) is 0 Å². The fraction of sp³-hybridized carbons (Fsp3) is 0.300. The fourth-order valence-electron chi connectivity index (χ4n) is 0.903. The molecule has 3 heteroatoms. The van der Waals surface area contributed by atoms with Gasteiger partial charge in [-0.3, -0.25) is 0 Å². The Kier molecular flexibility index (Phi) is 3.46.